The van der Waals surface area contributed by atoms with Crippen LogP contribution in [0.4, 0.5) is 5.69 Å². The van der Waals surface area contributed by atoms with Gasteiger partial charge in [0.1, 0.15) is 11.7 Å². The van der Waals surface area contributed by atoms with Crippen molar-refractivity contribution < 1.29 is 4.92 Å². The second-order valence-corrected chi connectivity index (χ2v) is 5.31. The zero-order chi connectivity index (χ0) is 16.6. The van der Waals surface area contributed by atoms with Gasteiger partial charge in [0, 0.05) is 34.5 Å². The highest BCUT2D eigenvalue weighted by Gasteiger charge is 2.18. The van der Waals surface area contributed by atoms with E-state index >= 15 is 0 Å². The van der Waals surface area contributed by atoms with Crippen LogP contribution in [0.5, 0.6) is 0 Å². The van der Waals surface area contributed by atoms with Gasteiger partial charge >= 0.3 is 0 Å². The van der Waals surface area contributed by atoms with Gasteiger partial charge < -0.3 is 4.98 Å². The second kappa shape index (κ2) is 5.54. The number of nitrogens with zero attached hydrogens (tertiary/aromatic N) is 3. The number of hydrogen-bond acceptors (Lipinski definition) is 4. The molecular weight excluding hydrogens is 292 g/mol. The summed E-state index contributed by atoms with van der Waals surface area (Å²) in [5, 5.41) is 21.1. The summed E-state index contributed by atoms with van der Waals surface area (Å²) < 4.78 is 0. The van der Waals surface area contributed by atoms with Gasteiger partial charge in [-0.3, -0.25) is 10.1 Å². The maximum atomic E-state index is 11.3. The van der Waals surface area contributed by atoms with Crippen molar-refractivity contribution in [3.05, 3.63) is 57.4 Å². The maximum absolute atomic E-state index is 11.3. The predicted octanol–water partition coefficient (Wildman–Crippen LogP) is 3.88. The van der Waals surface area contributed by atoms with Crippen molar-refractivity contribution in [2.24, 2.45) is 0 Å². The first kappa shape index (κ1) is 14.7. The molecule has 3 aromatic rings. The Bertz CT molecular complexity index is 967. The first-order valence-electron chi connectivity index (χ1n) is 7.21. The number of nitro benzene ring substituents is 1. The van der Waals surface area contributed by atoms with E-state index in [1.807, 2.05) is 19.9 Å². The number of benzene rings is 1. The molecule has 0 aliphatic carbocycles. The second-order valence-electron chi connectivity index (χ2n) is 5.31. The van der Waals surface area contributed by atoms with Crippen molar-refractivity contribution in [1.29, 1.82) is 5.26 Å². The third kappa shape index (κ3) is 2.42. The van der Waals surface area contributed by atoms with Gasteiger partial charge in [-0.25, -0.2) is 4.98 Å². The largest absolute Gasteiger partial charge is 0.343 e. The molecule has 6 heteroatoms. The van der Waals surface area contributed by atoms with Crippen LogP contribution in [0.2, 0.25) is 0 Å². The maximum Gasteiger partial charge on any atom is 0.273 e. The van der Waals surface area contributed by atoms with Crippen LogP contribution in [0.15, 0.2) is 30.5 Å². The van der Waals surface area contributed by atoms with E-state index in [4.69, 9.17) is 5.26 Å². The van der Waals surface area contributed by atoms with Gasteiger partial charge in [-0.1, -0.05) is 19.1 Å². The number of H-pyrrole nitrogens is 1. The summed E-state index contributed by atoms with van der Waals surface area (Å²) in [6.07, 6.45) is 2.11. The summed E-state index contributed by atoms with van der Waals surface area (Å²) >= 11 is 0. The van der Waals surface area contributed by atoms with Gasteiger partial charge in [0.05, 0.1) is 10.5 Å². The molecule has 0 radical (unpaired) electrons. The summed E-state index contributed by atoms with van der Waals surface area (Å²) in [6, 6.07) is 9.07. The van der Waals surface area contributed by atoms with Gasteiger partial charge in [0.2, 0.25) is 0 Å². The van der Waals surface area contributed by atoms with Crippen molar-refractivity contribution in [2.45, 2.75) is 20.3 Å². The van der Waals surface area contributed by atoms with Crippen LogP contribution in [0.3, 0.4) is 0 Å². The molecule has 0 amide bonds. The van der Waals surface area contributed by atoms with Gasteiger partial charge in [-0.15, -0.1) is 0 Å². The van der Waals surface area contributed by atoms with Crippen LogP contribution >= 0.6 is 0 Å². The molecule has 0 aliphatic heterocycles. The van der Waals surface area contributed by atoms with Crippen LogP contribution in [0.1, 0.15) is 23.7 Å². The number of hydrogen-bond donors (Lipinski definition) is 1. The fourth-order valence-corrected chi connectivity index (χ4v) is 2.82. The number of aromatic amines is 1. The van der Waals surface area contributed by atoms with E-state index in [2.05, 4.69) is 16.0 Å². The zero-order valence-electron chi connectivity index (χ0n) is 12.8. The molecule has 2 aromatic heterocycles. The minimum absolute atomic E-state index is 0.114. The number of nitrogens with one attached hydrogen (secondary N) is 1. The summed E-state index contributed by atoms with van der Waals surface area (Å²) in [5.41, 5.74) is 4.39. The number of aromatic nitrogens is 2. The van der Waals surface area contributed by atoms with Crippen LogP contribution in [-0.2, 0) is 6.42 Å². The molecule has 0 saturated carbocycles. The van der Waals surface area contributed by atoms with Crippen molar-refractivity contribution in [1.82, 2.24) is 9.97 Å². The van der Waals surface area contributed by atoms with Crippen molar-refractivity contribution in [3.8, 4) is 17.2 Å². The minimum Gasteiger partial charge on any atom is -0.343 e. The quantitative estimate of drug-likeness (QED) is 0.586. The summed E-state index contributed by atoms with van der Waals surface area (Å²) in [5.74, 6) is 0. The SMILES string of the molecule is CCc1ccc(-c2c(C)[nH]c3ncc(C#N)cc23)cc1[N+](=O)[O-]. The Hall–Kier alpha value is -3.20. The highest BCUT2D eigenvalue weighted by Crippen LogP contribution is 2.34. The molecule has 2 heterocycles. The number of rotatable bonds is 3. The summed E-state index contributed by atoms with van der Waals surface area (Å²) in [6.45, 7) is 3.78. The molecule has 0 saturated heterocycles. The monoisotopic (exact) mass is 306 g/mol. The molecule has 1 aromatic carbocycles. The Morgan fingerprint density at radius 3 is 2.83 bits per heavy atom. The molecule has 0 atom stereocenters. The molecular formula is C17H14N4O2. The molecule has 114 valence electrons. The number of nitriles is 1. The Morgan fingerprint density at radius 2 is 2.17 bits per heavy atom. The normalized spacial score (nSPS) is 10.7. The lowest BCUT2D eigenvalue weighted by atomic mass is 9.99. The topological polar surface area (TPSA) is 95.6 Å². The van der Waals surface area contributed by atoms with E-state index < -0.39 is 0 Å². The van der Waals surface area contributed by atoms with Crippen molar-refractivity contribution in [3.63, 3.8) is 0 Å². The number of aryl methyl sites for hydroxylation is 2. The highest BCUT2D eigenvalue weighted by molar-refractivity contribution is 5.96. The van der Waals surface area contributed by atoms with Crippen LogP contribution in [-0.4, -0.2) is 14.9 Å². The van der Waals surface area contributed by atoms with E-state index in [-0.39, 0.29) is 10.6 Å². The summed E-state index contributed by atoms with van der Waals surface area (Å²) in [7, 11) is 0. The minimum atomic E-state index is -0.356. The molecule has 0 aliphatic rings. The first-order valence-corrected chi connectivity index (χ1v) is 7.21. The average Bonchev–Trinajstić information content (AvgIpc) is 2.88. The van der Waals surface area contributed by atoms with E-state index in [0.717, 1.165) is 22.2 Å². The number of pyridine rings is 1. The highest BCUT2D eigenvalue weighted by atomic mass is 16.6. The lowest BCUT2D eigenvalue weighted by Gasteiger charge is -2.05. The van der Waals surface area contributed by atoms with Gasteiger partial charge in [0.15, 0.2) is 0 Å². The van der Waals surface area contributed by atoms with E-state index in [1.54, 1.807) is 18.2 Å². The predicted molar refractivity (Wildman–Crippen MR) is 87.0 cm³/mol. The summed E-state index contributed by atoms with van der Waals surface area (Å²) in [4.78, 5) is 18.3. The third-order valence-electron chi connectivity index (χ3n) is 3.92. The molecule has 0 spiro atoms. The van der Waals surface area contributed by atoms with Gasteiger partial charge in [-0.05, 0) is 25.0 Å². The van der Waals surface area contributed by atoms with E-state index in [1.165, 1.54) is 6.20 Å². The molecule has 6 nitrogen and oxygen atoms in total. The van der Waals surface area contributed by atoms with Gasteiger partial charge in [-0.2, -0.15) is 5.26 Å². The fraction of sp³-hybridized carbons (Fsp3) is 0.176. The van der Waals surface area contributed by atoms with Crippen LogP contribution in [0.25, 0.3) is 22.2 Å². The standard InChI is InChI=1S/C17H14N4O2/c1-3-12-4-5-13(7-15(12)21(22)23)16-10(2)20-17-14(16)6-11(8-18)9-19-17/h4-7,9H,3H2,1-2H3,(H,19,20). The van der Waals surface area contributed by atoms with E-state index in [9.17, 15) is 10.1 Å². The van der Waals surface area contributed by atoms with Crippen LogP contribution in [0, 0.1) is 28.4 Å². The average molecular weight is 306 g/mol. The fourth-order valence-electron chi connectivity index (χ4n) is 2.82. The third-order valence-corrected chi connectivity index (χ3v) is 3.92. The molecule has 1 N–H and O–H groups in total. The first-order chi connectivity index (χ1) is 11.0. The van der Waals surface area contributed by atoms with Crippen LogP contribution < -0.4 is 0 Å². The molecule has 3 rings (SSSR count). The Morgan fingerprint density at radius 1 is 1.39 bits per heavy atom. The Labute approximate surface area is 132 Å². The van der Waals surface area contributed by atoms with Crippen molar-refractivity contribution in [2.75, 3.05) is 0 Å². The molecule has 0 unspecified atom stereocenters. The Balaban J connectivity index is 2.28. The molecule has 0 fully saturated rings. The lowest BCUT2D eigenvalue weighted by Crippen LogP contribution is -1.95. The molecule has 23 heavy (non-hydrogen) atoms. The van der Waals surface area contributed by atoms with E-state index in [0.29, 0.717) is 23.2 Å². The lowest BCUT2D eigenvalue weighted by molar-refractivity contribution is -0.385. The van der Waals surface area contributed by atoms with Crippen molar-refractivity contribution >= 4 is 16.7 Å². The van der Waals surface area contributed by atoms with Gasteiger partial charge in [0.25, 0.3) is 5.69 Å². The smallest absolute Gasteiger partial charge is 0.273 e. The number of nitro groups is 1. The zero-order valence-corrected chi connectivity index (χ0v) is 12.8. The number of fused-ring (bicyclic) bond motifs is 1. The molecule has 0 bridgehead atoms. The Kier molecular flexibility index (Phi) is 3.54.